The van der Waals surface area contributed by atoms with Crippen molar-refractivity contribution in [1.29, 1.82) is 5.41 Å². The van der Waals surface area contributed by atoms with Gasteiger partial charge in [-0.1, -0.05) is 103 Å². The molecule has 168 valence electrons. The van der Waals surface area contributed by atoms with Crippen molar-refractivity contribution in [1.82, 2.24) is 10.2 Å². The minimum absolute atomic E-state index is 0.0110. The van der Waals surface area contributed by atoms with Gasteiger partial charge in [0.2, 0.25) is 0 Å². The standard InChI is InChI=1S/C29H25N3O2/c30-28-31-29(25-10-3-1-4-11-25,26-12-5-2-6-13-26)27(34)32(28)19-22-8-7-9-24(18-22)23-16-14-21(20-33)15-17-23/h1-18,33H,19-20H2,(H2,30,31). The van der Waals surface area contributed by atoms with Gasteiger partial charge in [-0.2, -0.15) is 0 Å². The van der Waals surface area contributed by atoms with E-state index in [2.05, 4.69) is 5.32 Å². The number of carbonyl (C=O) groups is 1. The van der Waals surface area contributed by atoms with E-state index in [4.69, 9.17) is 5.41 Å². The van der Waals surface area contributed by atoms with Crippen LogP contribution in [0.25, 0.3) is 11.1 Å². The molecule has 0 aliphatic carbocycles. The van der Waals surface area contributed by atoms with E-state index in [0.717, 1.165) is 33.4 Å². The number of amides is 1. The van der Waals surface area contributed by atoms with E-state index in [1.807, 2.05) is 109 Å². The fourth-order valence-electron chi connectivity index (χ4n) is 4.52. The Morgan fingerprint density at radius 1 is 0.735 bits per heavy atom. The van der Waals surface area contributed by atoms with Crippen molar-refractivity contribution < 1.29 is 9.90 Å². The normalized spacial score (nSPS) is 14.8. The van der Waals surface area contributed by atoms with Crippen molar-refractivity contribution in [3.05, 3.63) is 131 Å². The summed E-state index contributed by atoms with van der Waals surface area (Å²) in [7, 11) is 0. The summed E-state index contributed by atoms with van der Waals surface area (Å²) < 4.78 is 0. The molecule has 0 unspecified atom stereocenters. The number of hydrogen-bond acceptors (Lipinski definition) is 3. The van der Waals surface area contributed by atoms with E-state index >= 15 is 0 Å². The third kappa shape index (κ3) is 3.76. The van der Waals surface area contributed by atoms with Gasteiger partial charge in [0.1, 0.15) is 0 Å². The van der Waals surface area contributed by atoms with Crippen LogP contribution in [0.15, 0.2) is 109 Å². The third-order valence-electron chi connectivity index (χ3n) is 6.29. The summed E-state index contributed by atoms with van der Waals surface area (Å²) in [4.78, 5) is 15.5. The first-order valence-corrected chi connectivity index (χ1v) is 11.2. The van der Waals surface area contributed by atoms with Crippen LogP contribution in [-0.2, 0) is 23.5 Å². The van der Waals surface area contributed by atoms with Crippen LogP contribution in [0.5, 0.6) is 0 Å². The van der Waals surface area contributed by atoms with Gasteiger partial charge in [0, 0.05) is 0 Å². The highest BCUT2D eigenvalue weighted by atomic mass is 16.3. The zero-order chi connectivity index (χ0) is 23.5. The maximum Gasteiger partial charge on any atom is 0.264 e. The van der Waals surface area contributed by atoms with E-state index in [1.165, 1.54) is 4.90 Å². The summed E-state index contributed by atoms with van der Waals surface area (Å²) in [6.07, 6.45) is 0. The Morgan fingerprint density at radius 2 is 1.35 bits per heavy atom. The molecule has 1 fully saturated rings. The number of guanidine groups is 1. The monoisotopic (exact) mass is 447 g/mol. The lowest BCUT2D eigenvalue weighted by Gasteiger charge is -2.28. The summed E-state index contributed by atoms with van der Waals surface area (Å²) in [5, 5.41) is 21.2. The van der Waals surface area contributed by atoms with Crippen molar-refractivity contribution in [2.24, 2.45) is 0 Å². The minimum Gasteiger partial charge on any atom is -0.392 e. The predicted molar refractivity (Wildman–Crippen MR) is 133 cm³/mol. The highest BCUT2D eigenvalue weighted by molar-refractivity contribution is 6.10. The van der Waals surface area contributed by atoms with Gasteiger partial charge in [-0.15, -0.1) is 0 Å². The predicted octanol–water partition coefficient (Wildman–Crippen LogP) is 4.66. The van der Waals surface area contributed by atoms with Crippen LogP contribution in [0.2, 0.25) is 0 Å². The molecule has 0 radical (unpaired) electrons. The van der Waals surface area contributed by atoms with Gasteiger partial charge in [0.05, 0.1) is 13.2 Å². The maximum atomic E-state index is 14.0. The lowest BCUT2D eigenvalue weighted by molar-refractivity contribution is -0.130. The average molecular weight is 448 g/mol. The number of aliphatic hydroxyl groups is 1. The highest BCUT2D eigenvalue weighted by Crippen LogP contribution is 2.36. The van der Waals surface area contributed by atoms with E-state index in [0.29, 0.717) is 0 Å². The van der Waals surface area contributed by atoms with Gasteiger partial charge in [0.25, 0.3) is 5.91 Å². The molecule has 1 saturated heterocycles. The summed E-state index contributed by atoms with van der Waals surface area (Å²) in [6, 6.07) is 34.9. The minimum atomic E-state index is -1.14. The zero-order valence-electron chi connectivity index (χ0n) is 18.6. The van der Waals surface area contributed by atoms with Crippen LogP contribution < -0.4 is 5.32 Å². The Bertz CT molecular complexity index is 1280. The van der Waals surface area contributed by atoms with E-state index in [1.54, 1.807) is 0 Å². The lowest BCUT2D eigenvalue weighted by Crippen LogP contribution is -2.45. The Hall–Kier alpha value is -4.22. The molecule has 4 aromatic carbocycles. The first-order chi connectivity index (χ1) is 16.6. The van der Waals surface area contributed by atoms with Crippen LogP contribution in [-0.4, -0.2) is 21.9 Å². The van der Waals surface area contributed by atoms with Crippen molar-refractivity contribution in [3.63, 3.8) is 0 Å². The van der Waals surface area contributed by atoms with E-state index < -0.39 is 5.54 Å². The topological polar surface area (TPSA) is 76.4 Å². The van der Waals surface area contributed by atoms with Crippen molar-refractivity contribution in [2.75, 3.05) is 0 Å². The smallest absolute Gasteiger partial charge is 0.264 e. The number of hydrogen-bond donors (Lipinski definition) is 3. The molecule has 0 atom stereocenters. The second-order valence-corrected chi connectivity index (χ2v) is 8.40. The molecular formula is C29H25N3O2. The molecule has 4 aromatic rings. The van der Waals surface area contributed by atoms with Gasteiger partial charge in [0.15, 0.2) is 11.5 Å². The molecular weight excluding hydrogens is 422 g/mol. The second-order valence-electron chi connectivity index (χ2n) is 8.40. The quantitative estimate of drug-likeness (QED) is 0.403. The van der Waals surface area contributed by atoms with Gasteiger partial charge >= 0.3 is 0 Å². The average Bonchev–Trinajstić information content (AvgIpc) is 3.15. The summed E-state index contributed by atoms with van der Waals surface area (Å²) in [5.74, 6) is -0.0944. The van der Waals surface area contributed by atoms with Gasteiger partial charge in [-0.05, 0) is 39.4 Å². The van der Waals surface area contributed by atoms with Gasteiger partial charge < -0.3 is 10.4 Å². The van der Waals surface area contributed by atoms with E-state index in [9.17, 15) is 9.90 Å². The van der Waals surface area contributed by atoms with Crippen LogP contribution in [0.3, 0.4) is 0 Å². The highest BCUT2D eigenvalue weighted by Gasteiger charge is 2.52. The Morgan fingerprint density at radius 3 is 1.94 bits per heavy atom. The number of aliphatic hydroxyl groups excluding tert-OH is 1. The first-order valence-electron chi connectivity index (χ1n) is 11.2. The molecule has 5 rings (SSSR count). The Kier molecular flexibility index (Phi) is 5.70. The molecule has 1 aliphatic rings. The largest absolute Gasteiger partial charge is 0.392 e. The molecule has 3 N–H and O–H groups in total. The third-order valence-corrected chi connectivity index (χ3v) is 6.29. The summed E-state index contributed by atoms with van der Waals surface area (Å²) in [6.45, 7) is 0.297. The number of benzene rings is 4. The number of rotatable bonds is 6. The van der Waals surface area contributed by atoms with Gasteiger partial charge in [-0.25, -0.2) is 0 Å². The molecule has 5 nitrogen and oxygen atoms in total. The van der Waals surface area contributed by atoms with Crippen LogP contribution >= 0.6 is 0 Å². The molecule has 0 spiro atoms. The second kappa shape index (κ2) is 8.96. The Labute approximate surface area is 198 Å². The molecule has 0 bridgehead atoms. The van der Waals surface area contributed by atoms with Crippen molar-refractivity contribution in [2.45, 2.75) is 18.7 Å². The number of nitrogens with zero attached hydrogens (tertiary/aromatic N) is 1. The van der Waals surface area contributed by atoms with Gasteiger partial charge in [-0.3, -0.25) is 15.1 Å². The number of carbonyl (C=O) groups excluding carboxylic acids is 1. The fourth-order valence-corrected chi connectivity index (χ4v) is 4.52. The zero-order valence-corrected chi connectivity index (χ0v) is 18.6. The maximum absolute atomic E-state index is 14.0. The fraction of sp³-hybridized carbons (Fsp3) is 0.103. The van der Waals surface area contributed by atoms with E-state index in [-0.39, 0.29) is 25.0 Å². The number of nitrogens with one attached hydrogen (secondary N) is 2. The van der Waals surface area contributed by atoms with Crippen LogP contribution in [0.1, 0.15) is 22.3 Å². The lowest BCUT2D eigenvalue weighted by atomic mass is 9.82. The first kappa shape index (κ1) is 21.6. The van der Waals surface area contributed by atoms with Crippen molar-refractivity contribution in [3.8, 4) is 11.1 Å². The van der Waals surface area contributed by atoms with Crippen molar-refractivity contribution >= 4 is 11.9 Å². The molecule has 1 aliphatic heterocycles. The summed E-state index contributed by atoms with van der Waals surface area (Å²) in [5.41, 5.74) is 4.30. The molecule has 1 amide bonds. The molecule has 0 aromatic heterocycles. The van der Waals surface area contributed by atoms with Crippen LogP contribution in [0.4, 0.5) is 0 Å². The SMILES string of the molecule is N=C1NC(c2ccccc2)(c2ccccc2)C(=O)N1Cc1cccc(-c2ccc(CO)cc2)c1. The molecule has 5 heteroatoms. The molecule has 1 heterocycles. The Balaban J connectivity index is 1.49. The van der Waals surface area contributed by atoms with Crippen LogP contribution in [0, 0.1) is 5.41 Å². The molecule has 0 saturated carbocycles. The molecule has 34 heavy (non-hydrogen) atoms. The summed E-state index contributed by atoms with van der Waals surface area (Å²) >= 11 is 0.